The van der Waals surface area contributed by atoms with E-state index in [0.717, 1.165) is 12.8 Å². The molecule has 0 aliphatic rings. The van der Waals surface area contributed by atoms with Gasteiger partial charge in [-0.1, -0.05) is 34.6 Å². The molecule has 0 aromatic rings. The van der Waals surface area contributed by atoms with Crippen LogP contribution in [-0.2, 0) is 9.53 Å². The van der Waals surface area contributed by atoms with Crippen LogP contribution in [0.2, 0.25) is 0 Å². The molecule has 0 aliphatic heterocycles. The molecule has 0 saturated carbocycles. The molecule has 0 bridgehead atoms. The van der Waals surface area contributed by atoms with E-state index in [0.29, 0.717) is 12.0 Å². The van der Waals surface area contributed by atoms with Gasteiger partial charge in [0.1, 0.15) is 0 Å². The highest BCUT2D eigenvalue weighted by Gasteiger charge is 2.10. The Morgan fingerprint density at radius 3 is 2.21 bits per heavy atom. The zero-order chi connectivity index (χ0) is 11.2. The van der Waals surface area contributed by atoms with Gasteiger partial charge in [-0.3, -0.25) is 4.79 Å². The maximum absolute atomic E-state index is 11.1. The summed E-state index contributed by atoms with van der Waals surface area (Å²) in [6, 6.07) is 0. The predicted octanol–water partition coefficient (Wildman–Crippen LogP) is 3.40. The average Bonchev–Trinajstić information content (AvgIpc) is 2.01. The van der Waals surface area contributed by atoms with Gasteiger partial charge in [0, 0.05) is 0 Å². The first-order chi connectivity index (χ1) is 6.33. The maximum Gasteiger partial charge on any atom is 0.308 e. The number of carbonyl (C=O) groups is 1. The van der Waals surface area contributed by atoms with E-state index >= 15 is 0 Å². The van der Waals surface area contributed by atoms with Crippen molar-refractivity contribution < 1.29 is 9.53 Å². The Hall–Kier alpha value is -0.530. The van der Waals surface area contributed by atoms with Crippen LogP contribution in [0.5, 0.6) is 0 Å². The highest BCUT2D eigenvalue weighted by Crippen LogP contribution is 2.21. The molecular weight excluding hydrogens is 176 g/mol. The van der Waals surface area contributed by atoms with Gasteiger partial charge in [0.05, 0.1) is 12.5 Å². The van der Waals surface area contributed by atoms with Crippen molar-refractivity contribution in [2.45, 2.75) is 53.9 Å². The second-order valence-electron chi connectivity index (χ2n) is 5.34. The van der Waals surface area contributed by atoms with E-state index < -0.39 is 0 Å². The largest absolute Gasteiger partial charge is 0.465 e. The highest BCUT2D eigenvalue weighted by molar-refractivity contribution is 5.71. The second-order valence-corrected chi connectivity index (χ2v) is 5.34. The Bertz CT molecular complexity index is 166. The zero-order valence-corrected chi connectivity index (χ0v) is 10.2. The lowest BCUT2D eigenvalue weighted by molar-refractivity contribution is -0.147. The minimum atomic E-state index is -0.0826. The maximum atomic E-state index is 11.1. The van der Waals surface area contributed by atoms with Crippen molar-refractivity contribution in [3.63, 3.8) is 0 Å². The SMILES string of the molecule is CC(C)C(=O)OCCCCC(C)(C)C. The summed E-state index contributed by atoms with van der Waals surface area (Å²) in [5.74, 6) is -0.0848. The van der Waals surface area contributed by atoms with Crippen molar-refractivity contribution in [3.8, 4) is 0 Å². The van der Waals surface area contributed by atoms with Crippen molar-refractivity contribution >= 4 is 5.97 Å². The van der Waals surface area contributed by atoms with E-state index in [-0.39, 0.29) is 11.9 Å². The summed E-state index contributed by atoms with van der Waals surface area (Å²) in [5.41, 5.74) is 0.391. The summed E-state index contributed by atoms with van der Waals surface area (Å²) in [4.78, 5) is 11.1. The van der Waals surface area contributed by atoms with E-state index in [9.17, 15) is 4.79 Å². The van der Waals surface area contributed by atoms with Gasteiger partial charge in [-0.25, -0.2) is 0 Å². The van der Waals surface area contributed by atoms with Crippen LogP contribution in [0.4, 0.5) is 0 Å². The van der Waals surface area contributed by atoms with Gasteiger partial charge in [-0.2, -0.15) is 0 Å². The summed E-state index contributed by atoms with van der Waals surface area (Å²) < 4.78 is 5.08. The van der Waals surface area contributed by atoms with Crippen molar-refractivity contribution in [2.24, 2.45) is 11.3 Å². The molecule has 0 rings (SSSR count). The van der Waals surface area contributed by atoms with Gasteiger partial charge < -0.3 is 4.74 Å². The molecule has 0 unspecified atom stereocenters. The number of hydrogen-bond acceptors (Lipinski definition) is 2. The predicted molar refractivity (Wildman–Crippen MR) is 59.1 cm³/mol. The fourth-order valence-corrected chi connectivity index (χ4v) is 1.10. The molecule has 0 radical (unpaired) electrons. The fourth-order valence-electron chi connectivity index (χ4n) is 1.10. The molecule has 0 heterocycles. The van der Waals surface area contributed by atoms with Gasteiger partial charge in [0.2, 0.25) is 0 Å². The molecule has 0 aromatic heterocycles. The Morgan fingerprint density at radius 1 is 1.21 bits per heavy atom. The molecule has 0 fully saturated rings. The molecule has 2 heteroatoms. The van der Waals surface area contributed by atoms with Crippen LogP contribution in [0, 0.1) is 11.3 Å². The van der Waals surface area contributed by atoms with Crippen molar-refractivity contribution in [3.05, 3.63) is 0 Å². The molecule has 0 atom stereocenters. The first-order valence-corrected chi connectivity index (χ1v) is 5.49. The summed E-state index contributed by atoms with van der Waals surface area (Å²) in [5, 5.41) is 0. The Balaban J connectivity index is 3.35. The van der Waals surface area contributed by atoms with Crippen LogP contribution in [0.25, 0.3) is 0 Å². The first kappa shape index (κ1) is 13.5. The third-order valence-electron chi connectivity index (χ3n) is 2.04. The average molecular weight is 200 g/mol. The quantitative estimate of drug-likeness (QED) is 0.502. The van der Waals surface area contributed by atoms with E-state index in [4.69, 9.17) is 4.74 Å². The lowest BCUT2D eigenvalue weighted by atomic mass is 9.90. The number of esters is 1. The molecule has 0 N–H and O–H groups in total. The minimum absolute atomic E-state index is 0.00221. The molecule has 0 aliphatic carbocycles. The van der Waals surface area contributed by atoms with Gasteiger partial charge in [0.25, 0.3) is 0 Å². The van der Waals surface area contributed by atoms with Gasteiger partial charge >= 0.3 is 5.97 Å². The summed E-state index contributed by atoms with van der Waals surface area (Å²) >= 11 is 0. The van der Waals surface area contributed by atoms with E-state index in [1.165, 1.54) is 6.42 Å². The van der Waals surface area contributed by atoms with Crippen LogP contribution in [0.1, 0.15) is 53.9 Å². The Kier molecular flexibility index (Phi) is 5.82. The van der Waals surface area contributed by atoms with Gasteiger partial charge in [0.15, 0.2) is 0 Å². The molecule has 0 amide bonds. The highest BCUT2D eigenvalue weighted by atomic mass is 16.5. The van der Waals surface area contributed by atoms with Crippen molar-refractivity contribution in [2.75, 3.05) is 6.61 Å². The number of rotatable bonds is 5. The van der Waals surface area contributed by atoms with E-state index in [1.54, 1.807) is 0 Å². The molecule has 0 aromatic carbocycles. The molecule has 14 heavy (non-hydrogen) atoms. The topological polar surface area (TPSA) is 26.3 Å². The van der Waals surface area contributed by atoms with Crippen molar-refractivity contribution in [1.29, 1.82) is 0 Å². The minimum Gasteiger partial charge on any atom is -0.465 e. The van der Waals surface area contributed by atoms with Crippen LogP contribution in [0.15, 0.2) is 0 Å². The lowest BCUT2D eigenvalue weighted by Crippen LogP contribution is -2.13. The van der Waals surface area contributed by atoms with Crippen LogP contribution < -0.4 is 0 Å². The molecule has 0 spiro atoms. The summed E-state index contributed by atoms with van der Waals surface area (Å²) in [6.45, 7) is 11.0. The van der Waals surface area contributed by atoms with Crippen LogP contribution in [-0.4, -0.2) is 12.6 Å². The number of unbranched alkanes of at least 4 members (excludes halogenated alkanes) is 1. The summed E-state index contributed by atoms with van der Waals surface area (Å²) in [6.07, 6.45) is 3.30. The standard InChI is InChI=1S/C12H24O2/c1-10(2)11(13)14-9-7-6-8-12(3,4)5/h10H,6-9H2,1-5H3. The zero-order valence-electron chi connectivity index (χ0n) is 10.2. The van der Waals surface area contributed by atoms with Crippen LogP contribution >= 0.6 is 0 Å². The lowest BCUT2D eigenvalue weighted by Gasteiger charge is -2.17. The van der Waals surface area contributed by atoms with Gasteiger partial charge in [-0.15, -0.1) is 0 Å². The van der Waals surface area contributed by atoms with Crippen LogP contribution in [0.3, 0.4) is 0 Å². The third kappa shape index (κ3) is 8.09. The molecule has 0 saturated heterocycles. The normalized spacial score (nSPS) is 11.9. The molecular formula is C12H24O2. The Morgan fingerprint density at radius 2 is 1.79 bits per heavy atom. The number of hydrogen-bond donors (Lipinski definition) is 0. The number of carbonyl (C=O) groups excluding carboxylic acids is 1. The number of ether oxygens (including phenoxy) is 1. The van der Waals surface area contributed by atoms with Gasteiger partial charge in [-0.05, 0) is 24.7 Å². The second kappa shape index (κ2) is 6.05. The first-order valence-electron chi connectivity index (χ1n) is 5.49. The van der Waals surface area contributed by atoms with Crippen molar-refractivity contribution in [1.82, 2.24) is 0 Å². The summed E-state index contributed by atoms with van der Waals surface area (Å²) in [7, 11) is 0. The third-order valence-corrected chi connectivity index (χ3v) is 2.04. The molecule has 84 valence electrons. The smallest absolute Gasteiger partial charge is 0.308 e. The fraction of sp³-hybridized carbons (Fsp3) is 0.917. The Labute approximate surface area is 88.0 Å². The monoisotopic (exact) mass is 200 g/mol. The van der Waals surface area contributed by atoms with E-state index in [2.05, 4.69) is 20.8 Å². The molecule has 2 nitrogen and oxygen atoms in total. The van der Waals surface area contributed by atoms with E-state index in [1.807, 2.05) is 13.8 Å².